The molecule has 0 spiro atoms. The second-order valence-corrected chi connectivity index (χ2v) is 20.7. The fourth-order valence-corrected chi connectivity index (χ4v) is 22.8. The van der Waals surface area contributed by atoms with Crippen LogP contribution in [0.25, 0.3) is 0 Å². The third kappa shape index (κ3) is 6.70. The second-order valence-electron chi connectivity index (χ2n) is 9.90. The van der Waals surface area contributed by atoms with Gasteiger partial charge in [0.15, 0.2) is 0 Å². The van der Waals surface area contributed by atoms with Gasteiger partial charge in [-0.15, -0.1) is 0 Å². The summed E-state index contributed by atoms with van der Waals surface area (Å²) in [5.41, 5.74) is 0. The molecule has 0 radical (unpaired) electrons. The first-order valence-electron chi connectivity index (χ1n) is 11.8. The molecule has 0 N–H and O–H groups in total. The van der Waals surface area contributed by atoms with Crippen molar-refractivity contribution in [3.63, 3.8) is 0 Å². The molecule has 150 valence electrons. The first kappa shape index (κ1) is 21.0. The van der Waals surface area contributed by atoms with E-state index in [1.165, 1.54) is 110 Å². The van der Waals surface area contributed by atoms with Crippen LogP contribution in [-0.4, -0.2) is 24.8 Å². The van der Waals surface area contributed by atoms with Crippen LogP contribution in [0.3, 0.4) is 0 Å². The van der Waals surface area contributed by atoms with Gasteiger partial charge < -0.3 is 0 Å². The van der Waals surface area contributed by atoms with E-state index in [9.17, 15) is 4.79 Å². The molecule has 0 heterocycles. The monoisotopic (exact) mass is 470 g/mol. The minimum atomic E-state index is -2.90. The van der Waals surface area contributed by atoms with Gasteiger partial charge in [-0.2, -0.15) is 0 Å². The van der Waals surface area contributed by atoms with Crippen molar-refractivity contribution >= 4 is 24.8 Å². The Morgan fingerprint density at radius 1 is 0.654 bits per heavy atom. The van der Waals surface area contributed by atoms with Crippen molar-refractivity contribution in [1.29, 1.82) is 0 Å². The summed E-state index contributed by atoms with van der Waals surface area (Å²) in [7, 11) is 0. The second kappa shape index (κ2) is 10.7. The summed E-state index contributed by atoms with van der Waals surface area (Å²) in [6, 6.07) is 0. The molecule has 2 nitrogen and oxygen atoms in total. The zero-order valence-electron chi connectivity index (χ0n) is 17.3. The van der Waals surface area contributed by atoms with Crippen LogP contribution in [-0.2, 0) is 7.87 Å². The van der Waals surface area contributed by atoms with E-state index < -0.39 is 18.8 Å². The van der Waals surface area contributed by atoms with E-state index >= 15 is 0 Å². The van der Waals surface area contributed by atoms with Crippen LogP contribution in [0.5, 0.6) is 0 Å². The maximum atomic E-state index is 12.2. The van der Waals surface area contributed by atoms with Gasteiger partial charge in [-0.1, -0.05) is 0 Å². The predicted octanol–water partition coefficient (Wildman–Crippen LogP) is 7.24. The molecule has 0 aliphatic heterocycles. The Labute approximate surface area is 166 Å². The van der Waals surface area contributed by atoms with Crippen molar-refractivity contribution in [1.82, 2.24) is 0 Å². The van der Waals surface area contributed by atoms with Crippen LogP contribution >= 0.6 is 0 Å². The number of hydrogen-bond acceptors (Lipinski definition) is 2. The first-order chi connectivity index (χ1) is 12.7. The zero-order valence-corrected chi connectivity index (χ0v) is 20.1. The quantitative estimate of drug-likeness (QED) is 0.368. The SMILES string of the molecule is CC(=O)[O][Sn]([CH2]C1CCCCC1)([CH2]C1CCCCC1)[CH2]C1CCCCC1. The van der Waals surface area contributed by atoms with E-state index in [0.717, 1.165) is 17.8 Å². The summed E-state index contributed by atoms with van der Waals surface area (Å²) < 4.78 is 10.6. The molecule has 3 fully saturated rings. The summed E-state index contributed by atoms with van der Waals surface area (Å²) in [4.78, 5) is 12.2. The van der Waals surface area contributed by atoms with Crippen molar-refractivity contribution in [2.24, 2.45) is 17.8 Å². The van der Waals surface area contributed by atoms with Crippen LogP contribution in [0.1, 0.15) is 103 Å². The molecule has 0 unspecified atom stereocenters. The molecular weight excluding hydrogens is 427 g/mol. The molecule has 0 saturated heterocycles. The van der Waals surface area contributed by atoms with E-state index in [4.69, 9.17) is 3.07 Å². The van der Waals surface area contributed by atoms with Crippen LogP contribution < -0.4 is 0 Å². The minimum absolute atomic E-state index is 0.0585. The Kier molecular flexibility index (Phi) is 8.65. The van der Waals surface area contributed by atoms with E-state index in [2.05, 4.69) is 0 Å². The molecule has 0 aromatic heterocycles. The molecule has 3 aliphatic carbocycles. The molecular formula is C23H42O2Sn. The topological polar surface area (TPSA) is 26.3 Å². The number of carbonyl (C=O) groups is 1. The number of carbonyl (C=O) groups excluding carboxylic acids is 1. The van der Waals surface area contributed by atoms with Crippen molar-refractivity contribution in [2.75, 3.05) is 0 Å². The summed E-state index contributed by atoms with van der Waals surface area (Å²) in [6.07, 6.45) is 21.3. The van der Waals surface area contributed by atoms with Gasteiger partial charge in [-0.25, -0.2) is 0 Å². The van der Waals surface area contributed by atoms with Gasteiger partial charge >= 0.3 is 167 Å². The van der Waals surface area contributed by atoms with Gasteiger partial charge in [0.25, 0.3) is 0 Å². The van der Waals surface area contributed by atoms with Crippen molar-refractivity contribution in [3.05, 3.63) is 0 Å². The Balaban J connectivity index is 1.74. The molecule has 0 atom stereocenters. The molecule has 0 amide bonds. The summed E-state index contributed by atoms with van der Waals surface area (Å²) >= 11 is -2.90. The van der Waals surface area contributed by atoms with Gasteiger partial charge in [0, 0.05) is 0 Å². The van der Waals surface area contributed by atoms with Crippen molar-refractivity contribution in [3.8, 4) is 0 Å². The molecule has 3 saturated carbocycles. The normalized spacial score (nSPS) is 24.5. The van der Waals surface area contributed by atoms with Crippen LogP contribution in [0.2, 0.25) is 13.3 Å². The molecule has 0 aromatic rings. The summed E-state index contributed by atoms with van der Waals surface area (Å²) in [6.45, 7) is 1.70. The number of rotatable bonds is 7. The first-order valence-corrected chi connectivity index (χ1v) is 19.1. The molecule has 3 heteroatoms. The van der Waals surface area contributed by atoms with Crippen molar-refractivity contribution in [2.45, 2.75) is 117 Å². The molecule has 0 aromatic carbocycles. The molecule has 3 rings (SSSR count). The van der Waals surface area contributed by atoms with Gasteiger partial charge in [0.2, 0.25) is 0 Å². The van der Waals surface area contributed by atoms with Gasteiger partial charge in [0.05, 0.1) is 0 Å². The fraction of sp³-hybridized carbons (Fsp3) is 0.957. The predicted molar refractivity (Wildman–Crippen MR) is 112 cm³/mol. The van der Waals surface area contributed by atoms with E-state index in [1.807, 2.05) is 0 Å². The third-order valence-electron chi connectivity index (χ3n) is 7.52. The van der Waals surface area contributed by atoms with E-state index in [-0.39, 0.29) is 5.97 Å². The average Bonchev–Trinajstić information content (AvgIpc) is 2.63. The van der Waals surface area contributed by atoms with E-state index in [0.29, 0.717) is 0 Å². The summed E-state index contributed by atoms with van der Waals surface area (Å²) in [5.74, 6) is 2.70. The molecule has 0 bridgehead atoms. The molecule has 3 aliphatic rings. The van der Waals surface area contributed by atoms with Crippen molar-refractivity contribution < 1.29 is 7.87 Å². The standard InChI is InChI=1S/3C7H13.C2H4O2.Sn/c3*1-7-5-3-2-4-6-7;1-2(3)4;/h3*7H,1-6H2;1H3,(H,3,4);/q;;;;+1/p-1. The molecule has 26 heavy (non-hydrogen) atoms. The summed E-state index contributed by atoms with van der Waals surface area (Å²) in [5, 5.41) is 0. The fourth-order valence-electron chi connectivity index (χ4n) is 6.43. The number of hydrogen-bond donors (Lipinski definition) is 0. The van der Waals surface area contributed by atoms with E-state index in [1.54, 1.807) is 6.92 Å². The Hall–Kier alpha value is 0.269. The van der Waals surface area contributed by atoms with Crippen LogP contribution in [0.15, 0.2) is 0 Å². The van der Waals surface area contributed by atoms with Gasteiger partial charge in [-0.3, -0.25) is 0 Å². The van der Waals surface area contributed by atoms with Gasteiger partial charge in [-0.05, 0) is 0 Å². The maximum absolute atomic E-state index is 12.2. The van der Waals surface area contributed by atoms with Crippen LogP contribution in [0.4, 0.5) is 0 Å². The Morgan fingerprint density at radius 3 is 1.23 bits per heavy atom. The third-order valence-corrected chi connectivity index (χ3v) is 20.9. The Morgan fingerprint density at radius 2 is 0.962 bits per heavy atom. The zero-order chi connectivity index (χ0) is 18.2. The average molecular weight is 469 g/mol. The Bertz CT molecular complexity index is 368. The van der Waals surface area contributed by atoms with Gasteiger partial charge in [0.1, 0.15) is 0 Å². The van der Waals surface area contributed by atoms with Crippen LogP contribution in [0, 0.1) is 17.8 Å².